The molecule has 2 aromatic carbocycles. The molecule has 0 spiro atoms. The van der Waals surface area contributed by atoms with Crippen LogP contribution in [0.1, 0.15) is 23.2 Å². The third-order valence-electron chi connectivity index (χ3n) is 4.43. The minimum atomic E-state index is -0.284. The number of aliphatic hydroxyl groups excluding tert-OH is 1. The predicted octanol–water partition coefficient (Wildman–Crippen LogP) is 4.01. The SMILES string of the molecule is OC1CC=Cc2c(c3ccccc3n2Cc2ccccc2)C1. The Balaban J connectivity index is 1.92. The van der Waals surface area contributed by atoms with Crippen LogP contribution in [0.2, 0.25) is 0 Å². The van der Waals surface area contributed by atoms with Gasteiger partial charge in [-0.3, -0.25) is 0 Å². The third kappa shape index (κ3) is 2.26. The van der Waals surface area contributed by atoms with E-state index in [2.05, 4.69) is 65.3 Å². The quantitative estimate of drug-likeness (QED) is 0.757. The molecule has 0 amide bonds. The lowest BCUT2D eigenvalue weighted by Gasteiger charge is -2.09. The van der Waals surface area contributed by atoms with Gasteiger partial charge in [-0.05, 0) is 29.7 Å². The maximum absolute atomic E-state index is 10.1. The highest BCUT2D eigenvalue weighted by Gasteiger charge is 2.19. The molecule has 0 fully saturated rings. The van der Waals surface area contributed by atoms with Gasteiger partial charge in [-0.25, -0.2) is 0 Å². The Hall–Kier alpha value is -2.32. The molecular weight excluding hydrogens is 270 g/mol. The van der Waals surface area contributed by atoms with Crippen molar-refractivity contribution in [3.63, 3.8) is 0 Å². The van der Waals surface area contributed by atoms with Crippen molar-refractivity contribution in [1.29, 1.82) is 0 Å². The van der Waals surface area contributed by atoms with Gasteiger partial charge in [0, 0.05) is 29.6 Å². The number of rotatable bonds is 2. The Kier molecular flexibility index (Phi) is 3.32. The van der Waals surface area contributed by atoms with Crippen molar-refractivity contribution < 1.29 is 5.11 Å². The first-order valence-electron chi connectivity index (χ1n) is 7.81. The molecule has 1 unspecified atom stereocenters. The number of aliphatic hydroxyl groups is 1. The first kappa shape index (κ1) is 13.4. The van der Waals surface area contributed by atoms with Crippen LogP contribution in [0.4, 0.5) is 0 Å². The number of benzene rings is 2. The van der Waals surface area contributed by atoms with Crippen molar-refractivity contribution in [2.24, 2.45) is 0 Å². The fourth-order valence-electron chi connectivity index (χ4n) is 3.39. The molecule has 110 valence electrons. The van der Waals surface area contributed by atoms with Gasteiger partial charge in [0.2, 0.25) is 0 Å². The second-order valence-electron chi connectivity index (χ2n) is 5.95. The molecule has 0 bridgehead atoms. The average molecular weight is 289 g/mol. The maximum Gasteiger partial charge on any atom is 0.0616 e. The second kappa shape index (κ2) is 5.47. The Morgan fingerprint density at radius 1 is 1.00 bits per heavy atom. The summed E-state index contributed by atoms with van der Waals surface area (Å²) in [6, 6.07) is 19.0. The van der Waals surface area contributed by atoms with Crippen molar-refractivity contribution in [3.05, 3.63) is 77.5 Å². The Labute approximate surface area is 130 Å². The summed E-state index contributed by atoms with van der Waals surface area (Å²) in [6.45, 7) is 0.858. The van der Waals surface area contributed by atoms with E-state index >= 15 is 0 Å². The van der Waals surface area contributed by atoms with Crippen molar-refractivity contribution in [2.45, 2.75) is 25.5 Å². The highest BCUT2D eigenvalue weighted by atomic mass is 16.3. The van der Waals surface area contributed by atoms with Crippen molar-refractivity contribution >= 4 is 17.0 Å². The Morgan fingerprint density at radius 2 is 1.77 bits per heavy atom. The molecule has 1 aliphatic carbocycles. The standard InChI is InChI=1S/C20H19NO/c22-16-9-6-12-20-18(13-16)17-10-4-5-11-19(17)21(20)14-15-7-2-1-3-8-15/h1-8,10-12,16,22H,9,13-14H2. The fraction of sp³-hybridized carbons (Fsp3) is 0.200. The Morgan fingerprint density at radius 3 is 2.64 bits per heavy atom. The molecular formula is C20H19NO. The summed E-state index contributed by atoms with van der Waals surface area (Å²) >= 11 is 0. The van der Waals surface area contributed by atoms with E-state index in [0.717, 1.165) is 19.4 Å². The lowest BCUT2D eigenvalue weighted by atomic mass is 10.0. The zero-order valence-electron chi connectivity index (χ0n) is 12.4. The van der Waals surface area contributed by atoms with Crippen LogP contribution < -0.4 is 0 Å². The number of fused-ring (bicyclic) bond motifs is 3. The molecule has 1 atom stereocenters. The molecule has 2 heteroatoms. The summed E-state index contributed by atoms with van der Waals surface area (Å²) < 4.78 is 2.37. The number of para-hydroxylation sites is 1. The fourth-order valence-corrected chi connectivity index (χ4v) is 3.39. The first-order chi connectivity index (χ1) is 10.8. The van der Waals surface area contributed by atoms with Crippen LogP contribution in [0.3, 0.4) is 0 Å². The summed E-state index contributed by atoms with van der Waals surface area (Å²) in [5.74, 6) is 0. The first-order valence-corrected chi connectivity index (χ1v) is 7.81. The van der Waals surface area contributed by atoms with Gasteiger partial charge < -0.3 is 9.67 Å². The average Bonchev–Trinajstić information content (AvgIpc) is 2.70. The van der Waals surface area contributed by atoms with Crippen molar-refractivity contribution in [3.8, 4) is 0 Å². The van der Waals surface area contributed by atoms with Crippen LogP contribution in [0.25, 0.3) is 17.0 Å². The van der Waals surface area contributed by atoms with Crippen molar-refractivity contribution in [1.82, 2.24) is 4.57 Å². The highest BCUT2D eigenvalue weighted by molar-refractivity contribution is 5.88. The largest absolute Gasteiger partial charge is 0.392 e. The van der Waals surface area contributed by atoms with E-state index in [1.54, 1.807) is 0 Å². The highest BCUT2D eigenvalue weighted by Crippen LogP contribution is 2.31. The normalized spacial score (nSPS) is 17.4. The van der Waals surface area contributed by atoms with E-state index in [4.69, 9.17) is 0 Å². The maximum atomic E-state index is 10.1. The van der Waals surface area contributed by atoms with Gasteiger partial charge in [0.15, 0.2) is 0 Å². The molecule has 1 N–H and O–H groups in total. The van der Waals surface area contributed by atoms with Gasteiger partial charge >= 0.3 is 0 Å². The molecule has 1 heterocycles. The minimum absolute atomic E-state index is 0.284. The number of hydrogen-bond donors (Lipinski definition) is 1. The lowest BCUT2D eigenvalue weighted by molar-refractivity contribution is 0.179. The molecule has 22 heavy (non-hydrogen) atoms. The summed E-state index contributed by atoms with van der Waals surface area (Å²) in [7, 11) is 0. The summed E-state index contributed by atoms with van der Waals surface area (Å²) in [5, 5.41) is 11.4. The van der Waals surface area contributed by atoms with Gasteiger partial charge in [0.25, 0.3) is 0 Å². The van der Waals surface area contributed by atoms with Gasteiger partial charge in [0.05, 0.1) is 6.10 Å². The minimum Gasteiger partial charge on any atom is -0.392 e. The monoisotopic (exact) mass is 289 g/mol. The molecule has 0 aliphatic heterocycles. The molecule has 3 aromatic rings. The van der Waals surface area contributed by atoms with E-state index < -0.39 is 0 Å². The predicted molar refractivity (Wildman–Crippen MR) is 90.8 cm³/mol. The van der Waals surface area contributed by atoms with E-state index in [0.29, 0.717) is 0 Å². The topological polar surface area (TPSA) is 25.2 Å². The zero-order chi connectivity index (χ0) is 14.9. The lowest BCUT2D eigenvalue weighted by Crippen LogP contribution is -2.08. The molecule has 1 aromatic heterocycles. The molecule has 0 saturated carbocycles. The number of hydrogen-bond acceptors (Lipinski definition) is 1. The van der Waals surface area contributed by atoms with Crippen LogP contribution in [0.15, 0.2) is 60.7 Å². The van der Waals surface area contributed by atoms with E-state index in [1.165, 1.54) is 27.7 Å². The van der Waals surface area contributed by atoms with Gasteiger partial charge in [-0.15, -0.1) is 0 Å². The summed E-state index contributed by atoms with van der Waals surface area (Å²) in [6.07, 6.45) is 5.44. The third-order valence-corrected chi connectivity index (χ3v) is 4.43. The van der Waals surface area contributed by atoms with Gasteiger partial charge in [0.1, 0.15) is 0 Å². The Bertz CT molecular complexity index is 830. The van der Waals surface area contributed by atoms with Crippen LogP contribution >= 0.6 is 0 Å². The molecule has 4 rings (SSSR count). The second-order valence-corrected chi connectivity index (χ2v) is 5.95. The van der Waals surface area contributed by atoms with Crippen LogP contribution in [-0.4, -0.2) is 15.8 Å². The summed E-state index contributed by atoms with van der Waals surface area (Å²) in [5.41, 5.74) is 5.05. The summed E-state index contributed by atoms with van der Waals surface area (Å²) in [4.78, 5) is 0. The van der Waals surface area contributed by atoms with Crippen LogP contribution in [0.5, 0.6) is 0 Å². The smallest absolute Gasteiger partial charge is 0.0616 e. The van der Waals surface area contributed by atoms with Gasteiger partial charge in [-0.1, -0.05) is 54.6 Å². The van der Waals surface area contributed by atoms with E-state index in [-0.39, 0.29) is 6.10 Å². The van der Waals surface area contributed by atoms with E-state index in [1.807, 2.05) is 6.07 Å². The molecule has 0 saturated heterocycles. The molecule has 0 radical (unpaired) electrons. The van der Waals surface area contributed by atoms with Gasteiger partial charge in [-0.2, -0.15) is 0 Å². The number of aromatic nitrogens is 1. The number of nitrogens with zero attached hydrogens (tertiary/aromatic N) is 1. The molecule has 2 nitrogen and oxygen atoms in total. The van der Waals surface area contributed by atoms with Crippen LogP contribution in [-0.2, 0) is 13.0 Å². The van der Waals surface area contributed by atoms with Crippen LogP contribution in [0, 0.1) is 0 Å². The van der Waals surface area contributed by atoms with E-state index in [9.17, 15) is 5.11 Å². The zero-order valence-corrected chi connectivity index (χ0v) is 12.4. The van der Waals surface area contributed by atoms with Crippen molar-refractivity contribution in [2.75, 3.05) is 0 Å². The molecule has 1 aliphatic rings.